The van der Waals surface area contributed by atoms with Crippen LogP contribution in [0.2, 0.25) is 0 Å². The van der Waals surface area contributed by atoms with Crippen molar-refractivity contribution in [3.05, 3.63) is 35.1 Å². The summed E-state index contributed by atoms with van der Waals surface area (Å²) in [5.41, 5.74) is -1.27. The molecule has 0 bridgehead atoms. The van der Waals surface area contributed by atoms with Crippen LogP contribution < -0.4 is 0 Å². The average Bonchev–Trinajstić information content (AvgIpc) is 2.33. The normalized spacial score (nSPS) is 15.3. The summed E-state index contributed by atoms with van der Waals surface area (Å²) >= 11 is 0. The van der Waals surface area contributed by atoms with E-state index < -0.39 is 29.8 Å². The summed E-state index contributed by atoms with van der Waals surface area (Å²) in [5, 5.41) is 9.96. The standard InChI is InChI=1S/C13H16F4O2/c1-3-11(19-4-2)12(18)8-5-6-9(10(14)7-8)13(15,16)17/h5-7,11-12,18H,3-4H2,1-2H3. The lowest BCUT2D eigenvalue weighted by Crippen LogP contribution is -2.22. The number of hydrogen-bond acceptors (Lipinski definition) is 2. The van der Waals surface area contributed by atoms with Crippen molar-refractivity contribution >= 4 is 0 Å². The fraction of sp³-hybridized carbons (Fsp3) is 0.538. The smallest absolute Gasteiger partial charge is 0.386 e. The first kappa shape index (κ1) is 15.9. The quantitative estimate of drug-likeness (QED) is 0.833. The highest BCUT2D eigenvalue weighted by atomic mass is 19.4. The molecule has 0 aliphatic carbocycles. The van der Waals surface area contributed by atoms with Crippen molar-refractivity contribution in [1.29, 1.82) is 0 Å². The molecule has 2 atom stereocenters. The Morgan fingerprint density at radius 3 is 2.32 bits per heavy atom. The Bertz CT molecular complexity index is 418. The molecule has 0 saturated carbocycles. The van der Waals surface area contributed by atoms with Gasteiger partial charge in [0, 0.05) is 6.61 Å². The monoisotopic (exact) mass is 280 g/mol. The van der Waals surface area contributed by atoms with Crippen LogP contribution in [0.15, 0.2) is 18.2 Å². The zero-order chi connectivity index (χ0) is 14.6. The molecule has 1 N–H and O–H groups in total. The number of halogens is 4. The number of benzene rings is 1. The van der Waals surface area contributed by atoms with Crippen LogP contribution in [0.4, 0.5) is 17.6 Å². The fourth-order valence-corrected chi connectivity index (χ4v) is 1.81. The van der Waals surface area contributed by atoms with Crippen molar-refractivity contribution in [2.45, 2.75) is 38.7 Å². The largest absolute Gasteiger partial charge is 0.419 e. The summed E-state index contributed by atoms with van der Waals surface area (Å²) in [7, 11) is 0. The zero-order valence-electron chi connectivity index (χ0n) is 10.7. The Balaban J connectivity index is 3.00. The minimum atomic E-state index is -4.74. The first-order valence-corrected chi connectivity index (χ1v) is 5.97. The molecule has 1 rings (SSSR count). The van der Waals surface area contributed by atoms with Gasteiger partial charge in [0.1, 0.15) is 11.9 Å². The molecule has 0 radical (unpaired) electrons. The Morgan fingerprint density at radius 1 is 1.26 bits per heavy atom. The van der Waals surface area contributed by atoms with Crippen LogP contribution in [0, 0.1) is 5.82 Å². The Hall–Kier alpha value is -1.14. The molecule has 0 spiro atoms. The van der Waals surface area contributed by atoms with Gasteiger partial charge in [-0.05, 0) is 31.0 Å². The maximum Gasteiger partial charge on any atom is 0.419 e. The third kappa shape index (κ3) is 3.91. The summed E-state index contributed by atoms with van der Waals surface area (Å²) in [6.45, 7) is 3.87. The van der Waals surface area contributed by atoms with Gasteiger partial charge in [0.2, 0.25) is 0 Å². The number of ether oxygens (including phenoxy) is 1. The van der Waals surface area contributed by atoms with E-state index in [0.717, 1.165) is 6.07 Å². The van der Waals surface area contributed by atoms with E-state index in [-0.39, 0.29) is 5.56 Å². The molecular formula is C13H16F4O2. The van der Waals surface area contributed by atoms with Crippen molar-refractivity contribution in [2.24, 2.45) is 0 Å². The van der Waals surface area contributed by atoms with E-state index in [0.29, 0.717) is 25.2 Å². The molecule has 0 saturated heterocycles. The Labute approximate surface area is 109 Å². The molecule has 0 fully saturated rings. The van der Waals surface area contributed by atoms with Gasteiger partial charge >= 0.3 is 6.18 Å². The van der Waals surface area contributed by atoms with Crippen molar-refractivity contribution in [3.8, 4) is 0 Å². The van der Waals surface area contributed by atoms with Crippen molar-refractivity contribution in [1.82, 2.24) is 0 Å². The predicted molar refractivity (Wildman–Crippen MR) is 62.1 cm³/mol. The number of aliphatic hydroxyl groups excluding tert-OH is 1. The highest BCUT2D eigenvalue weighted by molar-refractivity contribution is 5.28. The van der Waals surface area contributed by atoms with E-state index in [2.05, 4.69) is 0 Å². The van der Waals surface area contributed by atoms with Crippen LogP contribution in [-0.4, -0.2) is 17.8 Å². The number of aliphatic hydroxyl groups is 1. The summed E-state index contributed by atoms with van der Waals surface area (Å²) in [4.78, 5) is 0. The maximum absolute atomic E-state index is 13.4. The highest BCUT2D eigenvalue weighted by Crippen LogP contribution is 2.33. The molecule has 108 valence electrons. The van der Waals surface area contributed by atoms with Gasteiger partial charge < -0.3 is 9.84 Å². The third-order valence-electron chi connectivity index (χ3n) is 2.78. The van der Waals surface area contributed by atoms with Crippen LogP contribution in [-0.2, 0) is 10.9 Å². The third-order valence-corrected chi connectivity index (χ3v) is 2.78. The van der Waals surface area contributed by atoms with Gasteiger partial charge in [0.25, 0.3) is 0 Å². The molecule has 0 aliphatic rings. The molecule has 1 aromatic rings. The van der Waals surface area contributed by atoms with Gasteiger partial charge in [0.15, 0.2) is 0 Å². The molecule has 2 unspecified atom stereocenters. The Kier molecular flexibility index (Phi) is 5.31. The minimum absolute atomic E-state index is 0.0748. The molecule has 2 nitrogen and oxygen atoms in total. The fourth-order valence-electron chi connectivity index (χ4n) is 1.81. The lowest BCUT2D eigenvalue weighted by Gasteiger charge is -2.22. The molecule has 0 aliphatic heterocycles. The highest BCUT2D eigenvalue weighted by Gasteiger charge is 2.34. The first-order chi connectivity index (χ1) is 8.81. The van der Waals surface area contributed by atoms with Crippen LogP contribution in [0.1, 0.15) is 37.5 Å². The molecule has 6 heteroatoms. The average molecular weight is 280 g/mol. The molecule has 19 heavy (non-hydrogen) atoms. The molecule has 0 aromatic heterocycles. The van der Waals surface area contributed by atoms with Crippen LogP contribution in [0.5, 0.6) is 0 Å². The molecular weight excluding hydrogens is 264 g/mol. The van der Waals surface area contributed by atoms with Gasteiger partial charge in [-0.2, -0.15) is 13.2 Å². The van der Waals surface area contributed by atoms with Gasteiger partial charge in [-0.15, -0.1) is 0 Å². The second-order valence-electron chi connectivity index (χ2n) is 4.08. The van der Waals surface area contributed by atoms with E-state index in [4.69, 9.17) is 4.74 Å². The van der Waals surface area contributed by atoms with Crippen LogP contribution in [0.25, 0.3) is 0 Å². The van der Waals surface area contributed by atoms with Crippen molar-refractivity contribution in [2.75, 3.05) is 6.61 Å². The Morgan fingerprint density at radius 2 is 1.89 bits per heavy atom. The number of hydrogen-bond donors (Lipinski definition) is 1. The zero-order valence-corrected chi connectivity index (χ0v) is 10.7. The van der Waals surface area contributed by atoms with E-state index in [9.17, 15) is 22.7 Å². The summed E-state index contributed by atoms with van der Waals surface area (Å²) in [6, 6.07) is 2.40. The summed E-state index contributed by atoms with van der Waals surface area (Å²) in [6.07, 6.45) is -5.99. The number of rotatable bonds is 5. The van der Waals surface area contributed by atoms with E-state index >= 15 is 0 Å². The van der Waals surface area contributed by atoms with E-state index in [1.165, 1.54) is 0 Å². The predicted octanol–water partition coefficient (Wildman–Crippen LogP) is 3.69. The summed E-state index contributed by atoms with van der Waals surface area (Å²) in [5.74, 6) is -1.39. The van der Waals surface area contributed by atoms with Gasteiger partial charge in [-0.25, -0.2) is 4.39 Å². The second kappa shape index (κ2) is 6.34. The minimum Gasteiger partial charge on any atom is -0.386 e. The van der Waals surface area contributed by atoms with E-state index in [1.807, 2.05) is 0 Å². The number of alkyl halides is 3. The lowest BCUT2D eigenvalue weighted by molar-refractivity contribution is -0.140. The van der Waals surface area contributed by atoms with Crippen molar-refractivity contribution < 1.29 is 27.4 Å². The topological polar surface area (TPSA) is 29.5 Å². The van der Waals surface area contributed by atoms with Crippen LogP contribution >= 0.6 is 0 Å². The summed E-state index contributed by atoms with van der Waals surface area (Å²) < 4.78 is 55.8. The first-order valence-electron chi connectivity index (χ1n) is 5.97. The van der Waals surface area contributed by atoms with Crippen LogP contribution in [0.3, 0.4) is 0 Å². The van der Waals surface area contributed by atoms with Crippen molar-refractivity contribution in [3.63, 3.8) is 0 Å². The van der Waals surface area contributed by atoms with Gasteiger partial charge in [0.05, 0.1) is 11.7 Å². The molecule has 1 aromatic carbocycles. The molecule has 0 amide bonds. The maximum atomic E-state index is 13.4. The molecule has 0 heterocycles. The lowest BCUT2D eigenvalue weighted by atomic mass is 10.0. The van der Waals surface area contributed by atoms with Gasteiger partial charge in [-0.3, -0.25) is 0 Å². The van der Waals surface area contributed by atoms with Gasteiger partial charge in [-0.1, -0.05) is 13.0 Å². The SMILES string of the molecule is CCOC(CC)C(O)c1ccc(C(F)(F)F)c(F)c1. The van der Waals surface area contributed by atoms with E-state index in [1.54, 1.807) is 13.8 Å². The second-order valence-corrected chi connectivity index (χ2v) is 4.08.